The second-order valence-electron chi connectivity index (χ2n) is 5.37. The van der Waals surface area contributed by atoms with Gasteiger partial charge in [-0.15, -0.1) is 0 Å². The molecule has 2 aromatic rings. The number of nitrogens with zero attached hydrogens (tertiary/aromatic N) is 1. The molecule has 1 heterocycles. The van der Waals surface area contributed by atoms with Gasteiger partial charge in [-0.25, -0.2) is 9.79 Å². The maximum absolute atomic E-state index is 11.9. The molecular weight excluding hydrogens is 310 g/mol. The van der Waals surface area contributed by atoms with Gasteiger partial charge in [0.1, 0.15) is 0 Å². The Balaban J connectivity index is 1.74. The molecule has 2 aromatic carbocycles. The first kappa shape index (κ1) is 15.5. The third kappa shape index (κ3) is 3.69. The summed E-state index contributed by atoms with van der Waals surface area (Å²) >= 11 is 6.13. The van der Waals surface area contributed by atoms with E-state index in [0.29, 0.717) is 29.5 Å². The predicted octanol–water partition coefficient (Wildman–Crippen LogP) is 4.58. The van der Waals surface area contributed by atoms with Gasteiger partial charge in [0.05, 0.1) is 0 Å². The van der Waals surface area contributed by atoms with Crippen molar-refractivity contribution < 1.29 is 9.53 Å². The summed E-state index contributed by atoms with van der Waals surface area (Å²) in [5.41, 5.74) is 3.42. The molecule has 23 heavy (non-hydrogen) atoms. The van der Waals surface area contributed by atoms with E-state index < -0.39 is 5.97 Å². The first-order chi connectivity index (χ1) is 11.1. The fourth-order valence-corrected chi connectivity index (χ4v) is 2.63. The molecule has 3 nitrogen and oxygen atoms in total. The Labute approximate surface area is 140 Å². The topological polar surface area (TPSA) is 38.7 Å². The zero-order chi connectivity index (χ0) is 16.2. The highest BCUT2D eigenvalue weighted by atomic mass is 35.5. The molecule has 4 heteroatoms. The highest BCUT2D eigenvalue weighted by molar-refractivity contribution is 6.31. The average Bonchev–Trinajstić information content (AvgIpc) is 2.89. The number of hydrogen-bond donors (Lipinski definition) is 0. The standard InChI is InChI=1S/C19H16ClNO2/c1-13-6-2-3-8-15(13)12-17-19(22)23-18(21-17)11-10-14-7-4-5-9-16(14)20/h2-9,12H,10-11H2,1H3/b17-12-. The summed E-state index contributed by atoms with van der Waals surface area (Å²) in [7, 11) is 0. The van der Waals surface area contributed by atoms with Crippen LogP contribution in [0.5, 0.6) is 0 Å². The molecule has 3 rings (SSSR count). The van der Waals surface area contributed by atoms with Gasteiger partial charge in [-0.3, -0.25) is 0 Å². The minimum atomic E-state index is -0.401. The van der Waals surface area contributed by atoms with Gasteiger partial charge in [0.2, 0.25) is 0 Å². The van der Waals surface area contributed by atoms with Crippen LogP contribution in [0.25, 0.3) is 6.08 Å². The minimum Gasteiger partial charge on any atom is -0.407 e. The monoisotopic (exact) mass is 325 g/mol. The SMILES string of the molecule is Cc1ccccc1/C=C1\N=C(CCc2ccccc2Cl)OC1=O. The van der Waals surface area contributed by atoms with Crippen molar-refractivity contribution in [1.82, 2.24) is 0 Å². The molecule has 1 aliphatic rings. The van der Waals surface area contributed by atoms with E-state index in [2.05, 4.69) is 4.99 Å². The van der Waals surface area contributed by atoms with E-state index >= 15 is 0 Å². The van der Waals surface area contributed by atoms with E-state index in [4.69, 9.17) is 16.3 Å². The van der Waals surface area contributed by atoms with Crippen molar-refractivity contribution in [3.05, 3.63) is 75.9 Å². The van der Waals surface area contributed by atoms with Crippen LogP contribution in [0.1, 0.15) is 23.1 Å². The van der Waals surface area contributed by atoms with E-state index in [1.165, 1.54) is 0 Å². The largest absolute Gasteiger partial charge is 0.407 e. The number of carbonyl (C=O) groups is 1. The van der Waals surface area contributed by atoms with E-state index in [9.17, 15) is 4.79 Å². The number of rotatable bonds is 4. The summed E-state index contributed by atoms with van der Waals surface area (Å²) in [5, 5.41) is 0.716. The Morgan fingerprint density at radius 3 is 2.61 bits per heavy atom. The lowest BCUT2D eigenvalue weighted by molar-refractivity contribution is -0.130. The maximum Gasteiger partial charge on any atom is 0.363 e. The Kier molecular flexibility index (Phi) is 4.58. The highest BCUT2D eigenvalue weighted by Crippen LogP contribution is 2.21. The molecule has 0 amide bonds. The van der Waals surface area contributed by atoms with Crippen LogP contribution in [0, 0.1) is 6.92 Å². The first-order valence-electron chi connectivity index (χ1n) is 7.44. The van der Waals surface area contributed by atoms with E-state index in [1.54, 1.807) is 6.08 Å². The fraction of sp³-hybridized carbons (Fsp3) is 0.158. The summed E-state index contributed by atoms with van der Waals surface area (Å²) in [4.78, 5) is 16.3. The zero-order valence-electron chi connectivity index (χ0n) is 12.8. The molecule has 0 saturated heterocycles. The van der Waals surface area contributed by atoms with Crippen LogP contribution in [-0.2, 0) is 16.0 Å². The Bertz CT molecular complexity index is 809. The van der Waals surface area contributed by atoms with Gasteiger partial charge in [0.25, 0.3) is 0 Å². The van der Waals surface area contributed by atoms with Gasteiger partial charge in [0.15, 0.2) is 11.6 Å². The lowest BCUT2D eigenvalue weighted by atomic mass is 10.1. The molecule has 0 N–H and O–H groups in total. The molecule has 116 valence electrons. The van der Waals surface area contributed by atoms with E-state index in [-0.39, 0.29) is 0 Å². The second kappa shape index (κ2) is 6.80. The molecule has 0 spiro atoms. The third-order valence-electron chi connectivity index (χ3n) is 3.71. The molecule has 0 unspecified atom stereocenters. The number of ether oxygens (including phenoxy) is 1. The van der Waals surface area contributed by atoms with E-state index in [1.807, 2.05) is 55.5 Å². The summed E-state index contributed by atoms with van der Waals surface area (Å²) in [6.45, 7) is 1.99. The number of aryl methyl sites for hydroxylation is 2. The molecule has 0 fully saturated rings. The van der Waals surface area contributed by atoms with E-state index in [0.717, 1.165) is 16.7 Å². The average molecular weight is 326 g/mol. The first-order valence-corrected chi connectivity index (χ1v) is 7.82. The molecule has 0 aliphatic carbocycles. The third-order valence-corrected chi connectivity index (χ3v) is 4.08. The number of halogens is 1. The Morgan fingerprint density at radius 1 is 1.09 bits per heavy atom. The number of aliphatic imine (C=N–C) groups is 1. The highest BCUT2D eigenvalue weighted by Gasteiger charge is 2.22. The van der Waals surface area contributed by atoms with Crippen LogP contribution in [-0.4, -0.2) is 11.9 Å². The summed E-state index contributed by atoms with van der Waals surface area (Å²) in [5.74, 6) is 0.0390. The van der Waals surface area contributed by atoms with Crippen LogP contribution < -0.4 is 0 Å². The second-order valence-corrected chi connectivity index (χ2v) is 5.78. The van der Waals surface area contributed by atoms with Gasteiger partial charge >= 0.3 is 5.97 Å². The van der Waals surface area contributed by atoms with Crippen molar-refractivity contribution in [2.45, 2.75) is 19.8 Å². The van der Waals surface area contributed by atoms with Gasteiger partial charge in [-0.1, -0.05) is 54.1 Å². The van der Waals surface area contributed by atoms with Crippen molar-refractivity contribution in [2.75, 3.05) is 0 Å². The van der Waals surface area contributed by atoms with Crippen LogP contribution in [0.2, 0.25) is 5.02 Å². The van der Waals surface area contributed by atoms with Crippen molar-refractivity contribution >= 4 is 29.5 Å². The quantitative estimate of drug-likeness (QED) is 0.609. The van der Waals surface area contributed by atoms with Crippen LogP contribution in [0.3, 0.4) is 0 Å². The van der Waals surface area contributed by atoms with Crippen molar-refractivity contribution in [1.29, 1.82) is 0 Å². The smallest absolute Gasteiger partial charge is 0.363 e. The van der Waals surface area contributed by atoms with Gasteiger partial charge in [-0.2, -0.15) is 0 Å². The van der Waals surface area contributed by atoms with Crippen molar-refractivity contribution in [2.24, 2.45) is 4.99 Å². The van der Waals surface area contributed by atoms with Gasteiger partial charge < -0.3 is 4.74 Å². The number of benzene rings is 2. The maximum atomic E-state index is 11.9. The molecule has 0 bridgehead atoms. The Hall–Kier alpha value is -2.39. The molecule has 0 atom stereocenters. The van der Waals surface area contributed by atoms with Crippen LogP contribution in [0.4, 0.5) is 0 Å². The zero-order valence-corrected chi connectivity index (χ0v) is 13.5. The number of carbonyl (C=O) groups excluding carboxylic acids is 1. The minimum absolute atomic E-state index is 0.341. The summed E-state index contributed by atoms with van der Waals surface area (Å²) in [6.07, 6.45) is 2.99. The molecular formula is C19H16ClNO2. The fourth-order valence-electron chi connectivity index (χ4n) is 2.40. The predicted molar refractivity (Wildman–Crippen MR) is 92.5 cm³/mol. The van der Waals surface area contributed by atoms with Crippen LogP contribution in [0.15, 0.2) is 59.2 Å². The number of cyclic esters (lactones) is 1. The van der Waals surface area contributed by atoms with Crippen molar-refractivity contribution in [3.63, 3.8) is 0 Å². The lowest BCUT2D eigenvalue weighted by Crippen LogP contribution is -2.05. The number of esters is 1. The van der Waals surface area contributed by atoms with Gasteiger partial charge in [-0.05, 0) is 42.2 Å². The Morgan fingerprint density at radius 2 is 1.83 bits per heavy atom. The molecule has 0 aromatic heterocycles. The summed E-state index contributed by atoms with van der Waals surface area (Å²) < 4.78 is 5.25. The normalized spacial score (nSPS) is 15.7. The van der Waals surface area contributed by atoms with Crippen LogP contribution >= 0.6 is 11.6 Å². The summed E-state index contributed by atoms with van der Waals surface area (Å²) in [6, 6.07) is 15.5. The lowest BCUT2D eigenvalue weighted by Gasteiger charge is -2.02. The molecule has 0 radical (unpaired) electrons. The van der Waals surface area contributed by atoms with Gasteiger partial charge in [0, 0.05) is 11.4 Å². The van der Waals surface area contributed by atoms with Crippen molar-refractivity contribution in [3.8, 4) is 0 Å². The number of hydrogen-bond acceptors (Lipinski definition) is 3. The molecule has 1 aliphatic heterocycles. The molecule has 0 saturated carbocycles.